The third kappa shape index (κ3) is 3.23. The number of nitrogens with two attached hydrogens (primary N) is 1. The van der Waals surface area contributed by atoms with Crippen molar-refractivity contribution in [3.8, 4) is 0 Å². The summed E-state index contributed by atoms with van der Waals surface area (Å²) in [7, 11) is 0. The zero-order chi connectivity index (χ0) is 14.8. The first-order valence-electron chi connectivity index (χ1n) is 6.54. The van der Waals surface area contributed by atoms with Crippen LogP contribution in [0, 0.1) is 0 Å². The van der Waals surface area contributed by atoms with Crippen LogP contribution in [-0.2, 0) is 0 Å². The molecule has 1 aliphatic rings. The maximum Gasteiger partial charge on any atom is 0.389 e. The van der Waals surface area contributed by atoms with Crippen molar-refractivity contribution < 1.29 is 13.2 Å². The molecule has 0 fully saturated rings. The fourth-order valence-electron chi connectivity index (χ4n) is 2.55. The van der Waals surface area contributed by atoms with Gasteiger partial charge in [0.25, 0.3) is 0 Å². The summed E-state index contributed by atoms with van der Waals surface area (Å²) in [5.41, 5.74) is 6.27. The second-order valence-electron chi connectivity index (χ2n) is 5.31. The molecule has 0 radical (unpaired) electrons. The lowest BCUT2D eigenvalue weighted by Crippen LogP contribution is -2.50. The molecule has 2 rings (SSSR count). The van der Waals surface area contributed by atoms with Crippen LogP contribution in [0.15, 0.2) is 35.3 Å². The molecule has 0 aromatic heterocycles. The summed E-state index contributed by atoms with van der Waals surface area (Å²) >= 11 is 0. The summed E-state index contributed by atoms with van der Waals surface area (Å²) < 4.78 is 36.9. The molecule has 0 saturated heterocycles. The van der Waals surface area contributed by atoms with E-state index in [-0.39, 0.29) is 6.42 Å². The van der Waals surface area contributed by atoms with Gasteiger partial charge < -0.3 is 10.6 Å². The lowest BCUT2D eigenvalue weighted by molar-refractivity contribution is -0.136. The van der Waals surface area contributed by atoms with Gasteiger partial charge in [-0.3, -0.25) is 4.99 Å². The maximum absolute atomic E-state index is 12.3. The Balaban J connectivity index is 2.10. The molecule has 0 saturated carbocycles. The number of para-hydroxylation sites is 1. The molecular weight excluding hydrogens is 267 g/mol. The van der Waals surface area contributed by atoms with Gasteiger partial charge in [-0.25, -0.2) is 0 Å². The summed E-state index contributed by atoms with van der Waals surface area (Å²) in [6.07, 6.45) is -4.41. The van der Waals surface area contributed by atoms with Gasteiger partial charge in [-0.1, -0.05) is 18.2 Å². The summed E-state index contributed by atoms with van der Waals surface area (Å²) in [4.78, 5) is 6.04. The predicted molar refractivity (Wildman–Crippen MR) is 73.7 cm³/mol. The average Bonchev–Trinajstić information content (AvgIpc) is 2.65. The molecule has 1 aliphatic heterocycles. The summed E-state index contributed by atoms with van der Waals surface area (Å²) in [5, 5.41) is 0. The standard InChI is InChI=1S/C14H18F3N3/c1-13(8-5-9-14(15,16)17)10-19-12(18)20(13)11-6-3-2-4-7-11/h2-4,6-7H,5,8-10H2,1H3,(H2,18,19). The number of hydrogen-bond acceptors (Lipinski definition) is 3. The second kappa shape index (κ2) is 5.34. The van der Waals surface area contributed by atoms with Crippen LogP contribution in [0.2, 0.25) is 0 Å². The van der Waals surface area contributed by atoms with Crippen molar-refractivity contribution in [1.82, 2.24) is 0 Å². The Morgan fingerprint density at radius 3 is 2.55 bits per heavy atom. The summed E-state index contributed by atoms with van der Waals surface area (Å²) in [6.45, 7) is 2.32. The Hall–Kier alpha value is -1.72. The third-order valence-electron chi connectivity index (χ3n) is 3.54. The van der Waals surface area contributed by atoms with E-state index in [4.69, 9.17) is 5.73 Å². The fourth-order valence-corrected chi connectivity index (χ4v) is 2.55. The molecule has 110 valence electrons. The van der Waals surface area contributed by atoms with Gasteiger partial charge in [0.05, 0.1) is 12.1 Å². The van der Waals surface area contributed by atoms with Crippen molar-refractivity contribution in [1.29, 1.82) is 0 Å². The Morgan fingerprint density at radius 1 is 1.30 bits per heavy atom. The largest absolute Gasteiger partial charge is 0.389 e. The van der Waals surface area contributed by atoms with Crippen LogP contribution in [0.1, 0.15) is 26.2 Å². The van der Waals surface area contributed by atoms with E-state index in [2.05, 4.69) is 4.99 Å². The maximum atomic E-state index is 12.3. The van der Waals surface area contributed by atoms with Gasteiger partial charge in [-0.05, 0) is 31.9 Å². The van der Waals surface area contributed by atoms with Crippen LogP contribution in [0.5, 0.6) is 0 Å². The molecule has 1 aromatic carbocycles. The molecule has 0 aliphatic carbocycles. The van der Waals surface area contributed by atoms with E-state index in [1.807, 2.05) is 42.2 Å². The minimum Gasteiger partial charge on any atom is -0.369 e. The number of rotatable bonds is 4. The molecule has 6 heteroatoms. The number of anilines is 1. The minimum absolute atomic E-state index is 0.0755. The molecule has 3 nitrogen and oxygen atoms in total. The van der Waals surface area contributed by atoms with Crippen LogP contribution < -0.4 is 10.6 Å². The molecule has 2 N–H and O–H groups in total. The van der Waals surface area contributed by atoms with E-state index in [1.54, 1.807) is 0 Å². The van der Waals surface area contributed by atoms with Crippen molar-refractivity contribution in [2.45, 2.75) is 37.9 Å². The van der Waals surface area contributed by atoms with Crippen molar-refractivity contribution in [2.75, 3.05) is 11.4 Å². The average molecular weight is 285 g/mol. The van der Waals surface area contributed by atoms with Gasteiger partial charge in [0.1, 0.15) is 0 Å². The first kappa shape index (κ1) is 14.7. The second-order valence-corrected chi connectivity index (χ2v) is 5.31. The molecule has 1 unspecified atom stereocenters. The Bertz CT molecular complexity index is 484. The monoisotopic (exact) mass is 285 g/mol. The molecule has 0 bridgehead atoms. The lowest BCUT2D eigenvalue weighted by Gasteiger charge is -2.36. The highest BCUT2D eigenvalue weighted by Crippen LogP contribution is 2.34. The first-order chi connectivity index (χ1) is 9.32. The Labute approximate surface area is 116 Å². The topological polar surface area (TPSA) is 41.6 Å². The van der Waals surface area contributed by atoms with Gasteiger partial charge in [-0.15, -0.1) is 0 Å². The van der Waals surface area contributed by atoms with Crippen molar-refractivity contribution in [2.24, 2.45) is 10.7 Å². The SMILES string of the molecule is CC1(CCCC(F)(F)F)CN=C(N)N1c1ccccc1. The van der Waals surface area contributed by atoms with E-state index < -0.39 is 18.1 Å². The number of nitrogens with zero attached hydrogens (tertiary/aromatic N) is 2. The van der Waals surface area contributed by atoms with Crippen LogP contribution in [0.25, 0.3) is 0 Å². The number of halogens is 3. The number of hydrogen-bond donors (Lipinski definition) is 1. The van der Waals surface area contributed by atoms with E-state index in [0.29, 0.717) is 18.9 Å². The van der Waals surface area contributed by atoms with E-state index in [0.717, 1.165) is 5.69 Å². The number of benzene rings is 1. The van der Waals surface area contributed by atoms with Crippen molar-refractivity contribution in [3.05, 3.63) is 30.3 Å². The number of alkyl halides is 3. The van der Waals surface area contributed by atoms with Crippen molar-refractivity contribution in [3.63, 3.8) is 0 Å². The van der Waals surface area contributed by atoms with Crippen LogP contribution in [-0.4, -0.2) is 24.2 Å². The molecule has 1 atom stereocenters. The molecular formula is C14H18F3N3. The number of guanidine groups is 1. The third-order valence-corrected chi connectivity index (χ3v) is 3.54. The molecule has 0 amide bonds. The quantitative estimate of drug-likeness (QED) is 0.922. The van der Waals surface area contributed by atoms with Crippen LogP contribution in [0.3, 0.4) is 0 Å². The van der Waals surface area contributed by atoms with Gasteiger partial charge in [-0.2, -0.15) is 13.2 Å². The van der Waals surface area contributed by atoms with E-state index in [9.17, 15) is 13.2 Å². The highest BCUT2D eigenvalue weighted by molar-refractivity contribution is 5.98. The summed E-state index contributed by atoms with van der Waals surface area (Å²) in [5.74, 6) is 0.366. The zero-order valence-corrected chi connectivity index (χ0v) is 11.3. The Morgan fingerprint density at radius 2 is 1.95 bits per heavy atom. The van der Waals surface area contributed by atoms with Gasteiger partial charge in [0, 0.05) is 12.1 Å². The van der Waals surface area contributed by atoms with Gasteiger partial charge >= 0.3 is 6.18 Å². The first-order valence-corrected chi connectivity index (χ1v) is 6.54. The molecule has 20 heavy (non-hydrogen) atoms. The molecule has 1 heterocycles. The highest BCUT2D eigenvalue weighted by atomic mass is 19.4. The van der Waals surface area contributed by atoms with Gasteiger partial charge in [0.2, 0.25) is 0 Å². The predicted octanol–water partition coefficient (Wildman–Crippen LogP) is 3.31. The smallest absolute Gasteiger partial charge is 0.369 e. The molecule has 1 aromatic rings. The highest BCUT2D eigenvalue weighted by Gasteiger charge is 2.39. The number of aliphatic imine (C=N–C) groups is 1. The van der Waals surface area contributed by atoms with Crippen LogP contribution >= 0.6 is 0 Å². The minimum atomic E-state index is -4.11. The zero-order valence-electron chi connectivity index (χ0n) is 11.3. The van der Waals surface area contributed by atoms with Crippen molar-refractivity contribution >= 4 is 11.6 Å². The molecule has 0 spiro atoms. The van der Waals surface area contributed by atoms with Gasteiger partial charge in [0.15, 0.2) is 5.96 Å². The lowest BCUT2D eigenvalue weighted by atomic mass is 9.93. The normalized spacial score (nSPS) is 23.0. The fraction of sp³-hybridized carbons (Fsp3) is 0.500. The van der Waals surface area contributed by atoms with Crippen LogP contribution in [0.4, 0.5) is 18.9 Å². The van der Waals surface area contributed by atoms with E-state index in [1.165, 1.54) is 0 Å². The Kier molecular flexibility index (Phi) is 3.92. The summed E-state index contributed by atoms with van der Waals surface area (Å²) in [6, 6.07) is 9.40. The van der Waals surface area contributed by atoms with E-state index >= 15 is 0 Å².